The fourth-order valence-electron chi connectivity index (χ4n) is 2.87. The highest BCUT2D eigenvalue weighted by atomic mass is 16.5. The summed E-state index contributed by atoms with van der Waals surface area (Å²) in [7, 11) is 0. The molecule has 0 aromatic carbocycles. The van der Waals surface area contributed by atoms with Crippen molar-refractivity contribution in [1.82, 2.24) is 9.80 Å². The Hall–Kier alpha value is -0.200. The van der Waals surface area contributed by atoms with Crippen LogP contribution in [0.2, 0.25) is 0 Å². The Morgan fingerprint density at radius 1 is 1.00 bits per heavy atom. The molecule has 0 saturated carbocycles. The smallest absolute Gasteiger partial charge is 0.0645 e. The minimum absolute atomic E-state index is 0.504. The van der Waals surface area contributed by atoms with Gasteiger partial charge in [-0.05, 0) is 0 Å². The number of hydrogen-bond acceptors (Lipinski definition) is 5. The van der Waals surface area contributed by atoms with Crippen molar-refractivity contribution in [3.8, 4) is 0 Å². The van der Waals surface area contributed by atoms with Crippen LogP contribution in [-0.4, -0.2) is 74.1 Å². The number of rotatable bonds is 2. The average Bonchev–Trinajstić information content (AvgIpc) is 2.64. The van der Waals surface area contributed by atoms with Gasteiger partial charge in [0.1, 0.15) is 0 Å². The van der Waals surface area contributed by atoms with Crippen molar-refractivity contribution >= 4 is 0 Å². The Kier molecular flexibility index (Phi) is 2.66. The van der Waals surface area contributed by atoms with E-state index in [4.69, 9.17) is 15.2 Å². The largest absolute Gasteiger partial charge is 0.378 e. The van der Waals surface area contributed by atoms with E-state index in [-0.39, 0.29) is 0 Å². The Bertz CT molecular complexity index is 235. The molecule has 3 fully saturated rings. The lowest BCUT2D eigenvalue weighted by Crippen LogP contribution is -2.65. The normalized spacial score (nSPS) is 39.0. The first kappa shape index (κ1) is 9.99. The van der Waals surface area contributed by atoms with E-state index < -0.39 is 0 Å². The second kappa shape index (κ2) is 3.99. The molecule has 2 unspecified atom stereocenters. The maximum Gasteiger partial charge on any atom is 0.0645 e. The third kappa shape index (κ3) is 1.59. The predicted octanol–water partition coefficient (Wildman–Crippen LogP) is -1.31. The van der Waals surface area contributed by atoms with Gasteiger partial charge in [0.2, 0.25) is 0 Å². The lowest BCUT2D eigenvalue weighted by Gasteiger charge is -2.48. The summed E-state index contributed by atoms with van der Waals surface area (Å²) in [4.78, 5) is 4.90. The summed E-state index contributed by atoms with van der Waals surface area (Å²) >= 11 is 0. The predicted molar refractivity (Wildman–Crippen MR) is 55.5 cm³/mol. The van der Waals surface area contributed by atoms with Crippen LogP contribution in [0, 0.1) is 0 Å². The van der Waals surface area contributed by atoms with E-state index >= 15 is 0 Å². The molecule has 3 saturated heterocycles. The molecule has 0 aromatic rings. The van der Waals surface area contributed by atoms with Gasteiger partial charge in [-0.1, -0.05) is 0 Å². The van der Waals surface area contributed by atoms with Gasteiger partial charge in [0, 0.05) is 19.8 Å². The molecule has 5 nitrogen and oxygen atoms in total. The average molecular weight is 213 g/mol. The maximum atomic E-state index is 5.75. The second-order valence-corrected chi connectivity index (χ2v) is 4.60. The van der Waals surface area contributed by atoms with Gasteiger partial charge in [-0.3, -0.25) is 9.80 Å². The first-order chi connectivity index (χ1) is 7.40. The van der Waals surface area contributed by atoms with E-state index in [1.165, 1.54) is 0 Å². The van der Waals surface area contributed by atoms with E-state index in [2.05, 4.69) is 9.80 Å². The van der Waals surface area contributed by atoms with Gasteiger partial charge in [-0.2, -0.15) is 0 Å². The SMILES string of the molecule is NCN1CCN(C2COC2)C2COCC21. The van der Waals surface area contributed by atoms with Crippen molar-refractivity contribution in [2.24, 2.45) is 5.73 Å². The quantitative estimate of drug-likeness (QED) is 0.617. The first-order valence-electron chi connectivity index (χ1n) is 5.75. The number of nitrogens with two attached hydrogens (primary N) is 1. The lowest BCUT2D eigenvalue weighted by molar-refractivity contribution is -0.102. The van der Waals surface area contributed by atoms with Gasteiger partial charge in [0.15, 0.2) is 0 Å². The van der Waals surface area contributed by atoms with Crippen molar-refractivity contribution < 1.29 is 9.47 Å². The molecule has 3 aliphatic rings. The highest BCUT2D eigenvalue weighted by molar-refractivity contribution is 4.98. The Balaban J connectivity index is 1.71. The zero-order chi connectivity index (χ0) is 10.3. The summed E-state index contributed by atoms with van der Waals surface area (Å²) in [5.74, 6) is 0. The summed E-state index contributed by atoms with van der Waals surface area (Å²) in [5, 5.41) is 0. The first-order valence-corrected chi connectivity index (χ1v) is 5.75. The van der Waals surface area contributed by atoms with Crippen molar-refractivity contribution in [2.45, 2.75) is 18.1 Å². The molecule has 3 heterocycles. The summed E-state index contributed by atoms with van der Waals surface area (Å²) in [6, 6.07) is 1.67. The molecule has 0 bridgehead atoms. The monoisotopic (exact) mass is 213 g/mol. The molecule has 86 valence electrons. The fourth-order valence-corrected chi connectivity index (χ4v) is 2.87. The molecule has 2 atom stereocenters. The number of ether oxygens (including phenoxy) is 2. The van der Waals surface area contributed by atoms with Crippen LogP contribution in [0.15, 0.2) is 0 Å². The second-order valence-electron chi connectivity index (χ2n) is 4.60. The molecule has 3 rings (SSSR count). The Morgan fingerprint density at radius 2 is 1.73 bits per heavy atom. The van der Waals surface area contributed by atoms with Gasteiger partial charge >= 0.3 is 0 Å². The maximum absolute atomic E-state index is 5.75. The minimum atomic E-state index is 0.504. The van der Waals surface area contributed by atoms with Crippen LogP contribution in [0.25, 0.3) is 0 Å². The topological polar surface area (TPSA) is 51.0 Å². The highest BCUT2D eigenvalue weighted by Gasteiger charge is 2.44. The van der Waals surface area contributed by atoms with Crippen LogP contribution in [-0.2, 0) is 9.47 Å². The molecule has 15 heavy (non-hydrogen) atoms. The molecular formula is C10H19N3O2. The summed E-state index contributed by atoms with van der Waals surface area (Å²) in [6.45, 7) is 6.31. The lowest BCUT2D eigenvalue weighted by atomic mass is 10.0. The fraction of sp³-hybridized carbons (Fsp3) is 1.00. The zero-order valence-corrected chi connectivity index (χ0v) is 8.97. The summed E-state index contributed by atoms with van der Waals surface area (Å²) in [5.41, 5.74) is 5.75. The Morgan fingerprint density at radius 3 is 2.40 bits per heavy atom. The number of piperazine rings is 1. The molecule has 0 amide bonds. The molecule has 5 heteroatoms. The van der Waals surface area contributed by atoms with Crippen LogP contribution in [0.4, 0.5) is 0 Å². The molecule has 0 aromatic heterocycles. The molecule has 0 spiro atoms. The molecule has 0 radical (unpaired) electrons. The van der Waals surface area contributed by atoms with Gasteiger partial charge < -0.3 is 15.2 Å². The van der Waals surface area contributed by atoms with Gasteiger partial charge in [0.05, 0.1) is 44.6 Å². The highest BCUT2D eigenvalue weighted by Crippen LogP contribution is 2.26. The minimum Gasteiger partial charge on any atom is -0.378 e. The van der Waals surface area contributed by atoms with E-state index in [0.29, 0.717) is 24.8 Å². The zero-order valence-electron chi connectivity index (χ0n) is 8.97. The van der Waals surface area contributed by atoms with Crippen LogP contribution < -0.4 is 5.73 Å². The van der Waals surface area contributed by atoms with Crippen LogP contribution in [0.3, 0.4) is 0 Å². The van der Waals surface area contributed by atoms with E-state index in [0.717, 1.165) is 39.5 Å². The van der Waals surface area contributed by atoms with Crippen molar-refractivity contribution in [3.63, 3.8) is 0 Å². The summed E-state index contributed by atoms with van der Waals surface area (Å²) < 4.78 is 10.9. The molecule has 0 aliphatic carbocycles. The van der Waals surface area contributed by atoms with Gasteiger partial charge in [-0.15, -0.1) is 0 Å². The van der Waals surface area contributed by atoms with E-state index in [1.807, 2.05) is 0 Å². The third-order valence-corrected chi connectivity index (χ3v) is 3.89. The molecule has 2 N–H and O–H groups in total. The van der Waals surface area contributed by atoms with Gasteiger partial charge in [-0.25, -0.2) is 0 Å². The molecular weight excluding hydrogens is 194 g/mol. The number of nitrogens with zero attached hydrogens (tertiary/aromatic N) is 2. The van der Waals surface area contributed by atoms with Crippen molar-refractivity contribution in [2.75, 3.05) is 46.2 Å². The molecule has 3 aliphatic heterocycles. The van der Waals surface area contributed by atoms with E-state index in [1.54, 1.807) is 0 Å². The van der Waals surface area contributed by atoms with Crippen LogP contribution >= 0.6 is 0 Å². The van der Waals surface area contributed by atoms with E-state index in [9.17, 15) is 0 Å². The number of fused-ring (bicyclic) bond motifs is 1. The van der Waals surface area contributed by atoms with Crippen LogP contribution in [0.5, 0.6) is 0 Å². The summed E-state index contributed by atoms with van der Waals surface area (Å²) in [6.07, 6.45) is 0. The number of hydrogen-bond donors (Lipinski definition) is 1. The van der Waals surface area contributed by atoms with Crippen molar-refractivity contribution in [3.05, 3.63) is 0 Å². The third-order valence-electron chi connectivity index (χ3n) is 3.89. The van der Waals surface area contributed by atoms with Gasteiger partial charge in [0.25, 0.3) is 0 Å². The standard InChI is InChI=1S/C10H19N3O2/c11-7-12-1-2-13(8-3-14-4-8)10-6-15-5-9(10)12/h8-10H,1-7,11H2. The Labute approximate surface area is 90.1 Å². The van der Waals surface area contributed by atoms with Crippen LogP contribution in [0.1, 0.15) is 0 Å². The van der Waals surface area contributed by atoms with Crippen molar-refractivity contribution in [1.29, 1.82) is 0 Å².